The number of hydrogen-bond acceptors (Lipinski definition) is 5. The first kappa shape index (κ1) is 26.0. The molecule has 2 aromatic heterocycles. The van der Waals surface area contributed by atoms with Crippen LogP contribution in [0, 0.1) is 0 Å². The molecule has 0 unspecified atom stereocenters. The van der Waals surface area contributed by atoms with Gasteiger partial charge in [-0.15, -0.1) is 0 Å². The number of piperidine rings is 1. The maximum atomic E-state index is 13.0. The van der Waals surface area contributed by atoms with Crippen molar-refractivity contribution in [1.82, 2.24) is 25.0 Å². The lowest BCUT2D eigenvalue weighted by molar-refractivity contribution is -0.138. The number of imidazole rings is 1. The second-order valence-corrected chi connectivity index (χ2v) is 9.39. The zero-order valence-electron chi connectivity index (χ0n) is 20.1. The van der Waals surface area contributed by atoms with Gasteiger partial charge >= 0.3 is 12.4 Å². The van der Waals surface area contributed by atoms with Crippen molar-refractivity contribution in [2.45, 2.75) is 50.6 Å². The van der Waals surface area contributed by atoms with E-state index in [0.717, 1.165) is 42.9 Å². The highest BCUT2D eigenvalue weighted by molar-refractivity contribution is 5.59. The lowest BCUT2D eigenvalue weighted by Gasteiger charge is -2.36. The van der Waals surface area contributed by atoms with Gasteiger partial charge in [0.15, 0.2) is 5.82 Å². The average Bonchev–Trinajstić information content (AvgIpc) is 3.55. The van der Waals surface area contributed by atoms with E-state index >= 15 is 0 Å². The van der Waals surface area contributed by atoms with Crippen LogP contribution in [0.25, 0.3) is 22.7 Å². The lowest BCUT2D eigenvalue weighted by Crippen LogP contribution is -2.40. The van der Waals surface area contributed by atoms with Gasteiger partial charge in [-0.2, -0.15) is 31.3 Å². The summed E-state index contributed by atoms with van der Waals surface area (Å²) in [5, 5.41) is 3.95. The van der Waals surface area contributed by atoms with Crippen molar-refractivity contribution in [1.29, 1.82) is 0 Å². The van der Waals surface area contributed by atoms with E-state index in [9.17, 15) is 26.3 Å². The fourth-order valence-electron chi connectivity index (χ4n) is 4.68. The summed E-state index contributed by atoms with van der Waals surface area (Å²) in [5.74, 6) is 1.32. The summed E-state index contributed by atoms with van der Waals surface area (Å²) in [4.78, 5) is 14.2. The van der Waals surface area contributed by atoms with Gasteiger partial charge in [0.25, 0.3) is 5.89 Å². The van der Waals surface area contributed by atoms with Gasteiger partial charge in [-0.25, -0.2) is 4.98 Å². The van der Waals surface area contributed by atoms with Crippen LogP contribution in [0.4, 0.5) is 26.3 Å². The number of nitrogens with one attached hydrogen (secondary N) is 1. The molecule has 1 fully saturated rings. The van der Waals surface area contributed by atoms with Crippen LogP contribution >= 0.6 is 0 Å². The number of nitrogens with zero attached hydrogens (tertiary/aromatic N) is 4. The molecular formula is C26H23F6N5O. The summed E-state index contributed by atoms with van der Waals surface area (Å²) in [5.41, 5.74) is -0.0174. The van der Waals surface area contributed by atoms with Gasteiger partial charge in [-0.1, -0.05) is 23.4 Å². The Balaban J connectivity index is 1.21. The lowest BCUT2D eigenvalue weighted by atomic mass is 9.91. The predicted octanol–water partition coefficient (Wildman–Crippen LogP) is 6.93. The maximum Gasteiger partial charge on any atom is 0.416 e. The van der Waals surface area contributed by atoms with Crippen LogP contribution in [0.1, 0.15) is 48.5 Å². The summed E-state index contributed by atoms with van der Waals surface area (Å²) in [6, 6.07) is 9.82. The zero-order chi connectivity index (χ0) is 27.1. The van der Waals surface area contributed by atoms with Crippen molar-refractivity contribution >= 4 is 0 Å². The quantitative estimate of drug-likeness (QED) is 0.281. The molecule has 1 aliphatic rings. The van der Waals surface area contributed by atoms with Crippen molar-refractivity contribution < 1.29 is 30.9 Å². The number of aromatic nitrogens is 4. The maximum absolute atomic E-state index is 13.0. The summed E-state index contributed by atoms with van der Waals surface area (Å²) < 4.78 is 82.8. The minimum absolute atomic E-state index is 0.0278. The standard InChI is InChI=1S/C26H23F6N5O/c1-15-11-17(23-33-13-21(34-23)16-5-7-19(8-6-16)25(27,28)29)9-10-37(15)14-22-35-24(38-36-22)18-3-2-4-20(12-18)26(30,31)32/h2-8,12-13,15,17H,9-11,14H2,1H3,(H,33,34)/t15-,17-/m1/s1. The highest BCUT2D eigenvalue weighted by atomic mass is 19.4. The third-order valence-electron chi connectivity index (χ3n) is 6.77. The number of alkyl halides is 6. The highest BCUT2D eigenvalue weighted by Gasteiger charge is 2.32. The smallest absolute Gasteiger partial charge is 0.342 e. The Bertz CT molecular complexity index is 1390. The summed E-state index contributed by atoms with van der Waals surface area (Å²) in [6.07, 6.45) is -5.67. The fraction of sp³-hybridized carbons (Fsp3) is 0.346. The molecule has 2 aromatic carbocycles. The van der Waals surface area contributed by atoms with Gasteiger partial charge in [0.05, 0.1) is 29.6 Å². The minimum atomic E-state index is -4.47. The first-order valence-electron chi connectivity index (χ1n) is 11.9. The Morgan fingerprint density at radius 2 is 1.71 bits per heavy atom. The van der Waals surface area contributed by atoms with E-state index in [1.54, 1.807) is 6.20 Å². The van der Waals surface area contributed by atoms with Gasteiger partial charge in [-0.3, -0.25) is 4.90 Å². The molecule has 38 heavy (non-hydrogen) atoms. The molecule has 0 amide bonds. The third-order valence-corrected chi connectivity index (χ3v) is 6.77. The average molecular weight is 535 g/mol. The number of H-pyrrole nitrogens is 1. The Kier molecular flexibility index (Phi) is 6.76. The van der Waals surface area contributed by atoms with Gasteiger partial charge < -0.3 is 9.51 Å². The monoisotopic (exact) mass is 535 g/mol. The topological polar surface area (TPSA) is 70.8 Å². The Morgan fingerprint density at radius 3 is 2.39 bits per heavy atom. The van der Waals surface area contributed by atoms with E-state index in [1.165, 1.54) is 24.3 Å². The van der Waals surface area contributed by atoms with Gasteiger partial charge in [0.2, 0.25) is 0 Å². The SMILES string of the molecule is C[C@@H]1C[C@H](c2ncc(-c3ccc(C(F)(F)F)cc3)[nH]2)CCN1Cc1noc(-c2cccc(C(F)(F)F)c2)n1. The molecule has 0 saturated carbocycles. The predicted molar refractivity (Wildman–Crippen MR) is 126 cm³/mol. The Labute approximate surface area is 213 Å². The molecule has 1 aliphatic heterocycles. The van der Waals surface area contributed by atoms with E-state index in [0.29, 0.717) is 30.2 Å². The van der Waals surface area contributed by atoms with Crippen molar-refractivity contribution in [2.24, 2.45) is 0 Å². The molecule has 200 valence electrons. The van der Waals surface area contributed by atoms with E-state index in [4.69, 9.17) is 4.52 Å². The van der Waals surface area contributed by atoms with Crippen molar-refractivity contribution in [3.05, 3.63) is 77.5 Å². The summed E-state index contributed by atoms with van der Waals surface area (Å²) in [7, 11) is 0. The molecule has 3 heterocycles. The second-order valence-electron chi connectivity index (χ2n) is 9.39. The molecule has 0 spiro atoms. The van der Waals surface area contributed by atoms with Crippen LogP contribution in [0.2, 0.25) is 0 Å². The molecule has 6 nitrogen and oxygen atoms in total. The number of likely N-dealkylation sites (tertiary alicyclic amines) is 1. The van der Waals surface area contributed by atoms with Crippen molar-refractivity contribution in [3.63, 3.8) is 0 Å². The van der Waals surface area contributed by atoms with Gasteiger partial charge in [0.1, 0.15) is 5.82 Å². The van der Waals surface area contributed by atoms with Gasteiger partial charge in [-0.05, 0) is 62.2 Å². The summed E-state index contributed by atoms with van der Waals surface area (Å²) >= 11 is 0. The van der Waals surface area contributed by atoms with Crippen LogP contribution in [0.5, 0.6) is 0 Å². The number of hydrogen-bond donors (Lipinski definition) is 1. The fourth-order valence-corrected chi connectivity index (χ4v) is 4.68. The highest BCUT2D eigenvalue weighted by Crippen LogP contribution is 2.34. The number of halogens is 6. The van der Waals surface area contributed by atoms with Crippen LogP contribution in [-0.4, -0.2) is 37.6 Å². The molecule has 0 aliphatic carbocycles. The number of rotatable bonds is 5. The molecule has 0 radical (unpaired) electrons. The Morgan fingerprint density at radius 1 is 0.974 bits per heavy atom. The van der Waals surface area contributed by atoms with Crippen LogP contribution in [-0.2, 0) is 18.9 Å². The van der Waals surface area contributed by atoms with Crippen molar-refractivity contribution in [3.8, 4) is 22.7 Å². The molecule has 12 heteroatoms. The number of benzene rings is 2. The molecule has 4 aromatic rings. The van der Waals surface area contributed by atoms with E-state index in [-0.39, 0.29) is 23.4 Å². The first-order chi connectivity index (χ1) is 18.0. The van der Waals surface area contributed by atoms with E-state index in [1.807, 2.05) is 0 Å². The minimum Gasteiger partial charge on any atom is -0.342 e. The largest absolute Gasteiger partial charge is 0.416 e. The first-order valence-corrected chi connectivity index (χ1v) is 11.9. The number of aromatic amines is 1. The normalized spacial score (nSPS) is 19.1. The third kappa shape index (κ3) is 5.59. The second kappa shape index (κ2) is 9.90. The van der Waals surface area contributed by atoms with Crippen LogP contribution < -0.4 is 0 Å². The molecule has 0 bridgehead atoms. The molecule has 2 atom stereocenters. The van der Waals surface area contributed by atoms with Crippen LogP contribution in [0.3, 0.4) is 0 Å². The van der Waals surface area contributed by atoms with E-state index < -0.39 is 23.5 Å². The Hall–Kier alpha value is -3.67. The van der Waals surface area contributed by atoms with E-state index in [2.05, 4.69) is 31.9 Å². The van der Waals surface area contributed by atoms with Crippen LogP contribution in [0.15, 0.2) is 59.3 Å². The van der Waals surface area contributed by atoms with Crippen molar-refractivity contribution in [2.75, 3.05) is 6.54 Å². The molecule has 1 N–H and O–H groups in total. The van der Waals surface area contributed by atoms with Gasteiger partial charge in [0, 0.05) is 17.5 Å². The summed E-state index contributed by atoms with van der Waals surface area (Å²) in [6.45, 7) is 3.14. The molecule has 5 rings (SSSR count). The zero-order valence-corrected chi connectivity index (χ0v) is 20.1. The molecular weight excluding hydrogens is 512 g/mol. The molecule has 1 saturated heterocycles.